The van der Waals surface area contributed by atoms with Crippen LogP contribution in [0.1, 0.15) is 46.6 Å². The van der Waals surface area contributed by atoms with Crippen LogP contribution in [-0.2, 0) is 13.0 Å². The maximum Gasteiger partial charge on any atom is 0.322 e. The Labute approximate surface area is 223 Å². The zero-order valence-corrected chi connectivity index (χ0v) is 21.9. The molecule has 38 heavy (non-hydrogen) atoms. The number of para-hydroxylation sites is 1. The summed E-state index contributed by atoms with van der Waals surface area (Å²) < 4.78 is 4.23. The molecule has 0 radical (unpaired) electrons. The van der Waals surface area contributed by atoms with E-state index < -0.39 is 0 Å². The predicted octanol–water partition coefficient (Wildman–Crippen LogP) is 6.98. The molecule has 0 unspecified atom stereocenters. The van der Waals surface area contributed by atoms with Crippen molar-refractivity contribution in [3.05, 3.63) is 131 Å². The van der Waals surface area contributed by atoms with E-state index in [1.54, 1.807) is 0 Å². The van der Waals surface area contributed by atoms with E-state index in [0.29, 0.717) is 6.54 Å². The lowest BCUT2D eigenvalue weighted by molar-refractivity contribution is 0.194. The van der Waals surface area contributed by atoms with Crippen LogP contribution in [0.2, 0.25) is 0 Å². The lowest BCUT2D eigenvalue weighted by Crippen LogP contribution is -2.38. The van der Waals surface area contributed by atoms with Gasteiger partial charge in [0.05, 0.1) is 29.7 Å². The molecular weight excluding hydrogens is 470 g/mol. The molecule has 0 bridgehead atoms. The fourth-order valence-corrected chi connectivity index (χ4v) is 5.37. The molecule has 0 saturated carbocycles. The largest absolute Gasteiger partial charge is 0.322 e. The molecule has 3 aromatic carbocycles. The van der Waals surface area contributed by atoms with E-state index in [0.717, 1.165) is 57.3 Å². The number of hydrogen-bond acceptors (Lipinski definition) is 2. The number of amides is 2. The van der Waals surface area contributed by atoms with Crippen LogP contribution in [0.5, 0.6) is 0 Å². The lowest BCUT2D eigenvalue weighted by atomic mass is 10.00. The molecule has 6 nitrogen and oxygen atoms in total. The Morgan fingerprint density at radius 3 is 2.45 bits per heavy atom. The van der Waals surface area contributed by atoms with E-state index in [2.05, 4.69) is 78.5 Å². The number of nitrogens with zero attached hydrogens (tertiary/aromatic N) is 4. The Morgan fingerprint density at radius 1 is 0.921 bits per heavy atom. The van der Waals surface area contributed by atoms with Crippen molar-refractivity contribution in [2.45, 2.75) is 39.8 Å². The molecule has 0 aliphatic carbocycles. The van der Waals surface area contributed by atoms with Gasteiger partial charge in [0.25, 0.3) is 0 Å². The monoisotopic (exact) mass is 501 g/mol. The third-order valence-electron chi connectivity index (χ3n) is 7.23. The van der Waals surface area contributed by atoms with Crippen LogP contribution < -0.4 is 5.32 Å². The summed E-state index contributed by atoms with van der Waals surface area (Å²) in [5, 5.41) is 8.20. The number of fused-ring (bicyclic) bond motifs is 3. The van der Waals surface area contributed by atoms with Gasteiger partial charge in [0.2, 0.25) is 0 Å². The number of urea groups is 1. The number of carbonyl (C=O) groups excluding carboxylic acids is 1. The summed E-state index contributed by atoms with van der Waals surface area (Å²) in [5.41, 5.74) is 8.22. The number of hydrogen-bond donors (Lipinski definition) is 1. The van der Waals surface area contributed by atoms with Crippen LogP contribution in [0.4, 0.5) is 10.5 Å². The van der Waals surface area contributed by atoms with Gasteiger partial charge in [-0.1, -0.05) is 72.6 Å². The van der Waals surface area contributed by atoms with Gasteiger partial charge in [-0.2, -0.15) is 5.10 Å². The van der Waals surface area contributed by atoms with Gasteiger partial charge in [-0.15, -0.1) is 0 Å². The molecule has 1 atom stereocenters. The van der Waals surface area contributed by atoms with Crippen LogP contribution in [-0.4, -0.2) is 25.3 Å². The lowest BCUT2D eigenvalue weighted by Gasteiger charge is -2.31. The van der Waals surface area contributed by atoms with Crippen molar-refractivity contribution in [2.75, 3.05) is 5.32 Å². The maximum absolute atomic E-state index is 14.1. The highest BCUT2D eigenvalue weighted by Gasteiger charge is 2.36. The third-order valence-corrected chi connectivity index (χ3v) is 7.23. The van der Waals surface area contributed by atoms with Crippen molar-refractivity contribution in [1.82, 2.24) is 19.2 Å². The topological polar surface area (TPSA) is 55.1 Å². The fraction of sp³-hybridized carbons (Fsp3) is 0.188. The molecule has 6 rings (SSSR count). The van der Waals surface area contributed by atoms with Gasteiger partial charge in [0.15, 0.2) is 0 Å². The molecule has 5 aromatic rings. The molecule has 1 aliphatic rings. The second-order valence-corrected chi connectivity index (χ2v) is 9.89. The van der Waals surface area contributed by atoms with Gasteiger partial charge in [-0.25, -0.2) is 9.48 Å². The second-order valence-electron chi connectivity index (χ2n) is 9.89. The van der Waals surface area contributed by atoms with Gasteiger partial charge in [0, 0.05) is 17.4 Å². The van der Waals surface area contributed by atoms with E-state index in [9.17, 15) is 4.79 Å². The Kier molecular flexibility index (Phi) is 6.08. The van der Waals surface area contributed by atoms with E-state index in [4.69, 9.17) is 5.10 Å². The molecule has 190 valence electrons. The zero-order chi connectivity index (χ0) is 26.2. The summed E-state index contributed by atoms with van der Waals surface area (Å²) >= 11 is 0. The molecule has 1 N–H and O–H groups in total. The first-order valence-corrected chi connectivity index (χ1v) is 13.1. The number of nitrogens with one attached hydrogen (secondary N) is 1. The summed E-state index contributed by atoms with van der Waals surface area (Å²) in [6.45, 7) is 6.69. The minimum atomic E-state index is -0.281. The summed E-state index contributed by atoms with van der Waals surface area (Å²) in [5.74, 6) is 0.983. The summed E-state index contributed by atoms with van der Waals surface area (Å²) in [4.78, 5) is 16.0. The summed E-state index contributed by atoms with van der Waals surface area (Å²) in [6, 6.07) is 30.3. The zero-order valence-electron chi connectivity index (χ0n) is 21.9. The van der Waals surface area contributed by atoms with E-state index >= 15 is 0 Å². The molecule has 1 aliphatic heterocycles. The first-order valence-electron chi connectivity index (χ1n) is 13.1. The quantitative estimate of drug-likeness (QED) is 0.289. The van der Waals surface area contributed by atoms with Crippen LogP contribution >= 0.6 is 0 Å². The van der Waals surface area contributed by atoms with E-state index in [1.807, 2.05) is 59.0 Å². The van der Waals surface area contributed by atoms with Crippen molar-refractivity contribution in [2.24, 2.45) is 0 Å². The standard InChI is InChI=1S/C32H31N5O/c1-4-28-27-21-36(32(38)33-25-17-15-22(2)16-18-25)30(24-11-8-10-23(3)20-24)29-14-9-19-35(29)31(27)37(34-28)26-12-6-5-7-13-26/h5-20,30H,4,21H2,1-3H3,(H,33,38)/t30-/m0/s1. The number of aryl methyl sites for hydroxylation is 3. The number of rotatable bonds is 4. The SMILES string of the molecule is CCc1nn(-c2ccccc2)c2c1CN(C(=O)Nc1ccc(C)cc1)[C@@H](c1cccc(C)c1)c1cccn1-2. The average Bonchev–Trinajstić information content (AvgIpc) is 3.51. The van der Waals surface area contributed by atoms with Gasteiger partial charge in [0.1, 0.15) is 5.82 Å². The van der Waals surface area contributed by atoms with Crippen LogP contribution in [0.15, 0.2) is 97.2 Å². The van der Waals surface area contributed by atoms with Crippen molar-refractivity contribution < 1.29 is 4.79 Å². The minimum absolute atomic E-state index is 0.143. The highest BCUT2D eigenvalue weighted by molar-refractivity contribution is 5.90. The first-order chi connectivity index (χ1) is 18.5. The Balaban J connectivity index is 1.55. The molecular formula is C32H31N5O. The fourth-order valence-electron chi connectivity index (χ4n) is 5.37. The molecule has 0 fully saturated rings. The van der Waals surface area contributed by atoms with E-state index in [-0.39, 0.29) is 12.1 Å². The predicted molar refractivity (Wildman–Crippen MR) is 151 cm³/mol. The highest BCUT2D eigenvalue weighted by Crippen LogP contribution is 2.39. The van der Waals surface area contributed by atoms with Crippen molar-refractivity contribution in [3.63, 3.8) is 0 Å². The van der Waals surface area contributed by atoms with Crippen molar-refractivity contribution >= 4 is 11.7 Å². The Bertz CT molecular complexity index is 1600. The molecule has 6 heteroatoms. The van der Waals surface area contributed by atoms with Gasteiger partial charge >= 0.3 is 6.03 Å². The first kappa shape index (κ1) is 23.8. The normalized spacial score (nSPS) is 14.5. The maximum atomic E-state index is 14.1. The van der Waals surface area contributed by atoms with Gasteiger partial charge in [-0.05, 0) is 62.2 Å². The smallest absolute Gasteiger partial charge is 0.308 e. The third kappa shape index (κ3) is 4.18. The molecule has 2 amide bonds. The number of aromatic nitrogens is 3. The average molecular weight is 502 g/mol. The second kappa shape index (κ2) is 9.71. The molecule has 0 spiro atoms. The van der Waals surface area contributed by atoms with Gasteiger partial charge < -0.3 is 14.8 Å². The molecule has 3 heterocycles. The Hall–Kier alpha value is -4.58. The Morgan fingerprint density at radius 2 is 1.71 bits per heavy atom. The van der Waals surface area contributed by atoms with Crippen LogP contribution in [0.3, 0.4) is 0 Å². The number of anilines is 1. The number of benzene rings is 3. The van der Waals surface area contributed by atoms with E-state index in [1.165, 1.54) is 0 Å². The van der Waals surface area contributed by atoms with Crippen LogP contribution in [0, 0.1) is 13.8 Å². The summed E-state index contributed by atoms with van der Waals surface area (Å²) in [7, 11) is 0. The highest BCUT2D eigenvalue weighted by atomic mass is 16.2. The minimum Gasteiger partial charge on any atom is -0.308 e. The van der Waals surface area contributed by atoms with Crippen molar-refractivity contribution in [1.29, 1.82) is 0 Å². The van der Waals surface area contributed by atoms with Gasteiger partial charge in [-0.3, -0.25) is 0 Å². The molecule has 0 saturated heterocycles. The van der Waals surface area contributed by atoms with Crippen molar-refractivity contribution in [3.8, 4) is 11.5 Å². The summed E-state index contributed by atoms with van der Waals surface area (Å²) in [6.07, 6.45) is 2.85. The number of carbonyl (C=O) groups is 1. The molecule has 2 aromatic heterocycles. The van der Waals surface area contributed by atoms with Crippen LogP contribution in [0.25, 0.3) is 11.5 Å².